The third-order valence-electron chi connectivity index (χ3n) is 5.97. The lowest BCUT2D eigenvalue weighted by molar-refractivity contribution is -0.142. The SMILES string of the molecule is O=C(O)C1[C@@H]2C[C@@H]2CN1C(=O)OCC1c2ccccc2-c2ccccc21. The zero-order valence-electron chi connectivity index (χ0n) is 14.2. The van der Waals surface area contributed by atoms with Gasteiger partial charge in [0.2, 0.25) is 0 Å². The molecule has 1 amide bonds. The molecule has 5 rings (SSSR count). The number of aliphatic carboxylic acids is 1. The molecular weight excluding hydrogens is 330 g/mol. The highest BCUT2D eigenvalue weighted by molar-refractivity contribution is 5.82. The Morgan fingerprint density at radius 1 is 1.04 bits per heavy atom. The van der Waals surface area contributed by atoms with Crippen LogP contribution in [-0.4, -0.2) is 41.3 Å². The number of ether oxygens (including phenoxy) is 1. The second-order valence-corrected chi connectivity index (χ2v) is 7.40. The number of nitrogens with zero attached hydrogens (tertiary/aromatic N) is 1. The van der Waals surface area contributed by atoms with Crippen LogP contribution in [0.3, 0.4) is 0 Å². The number of fused-ring (bicyclic) bond motifs is 4. The molecule has 0 radical (unpaired) electrons. The summed E-state index contributed by atoms with van der Waals surface area (Å²) in [4.78, 5) is 25.4. The normalized spacial score (nSPS) is 25.4. The van der Waals surface area contributed by atoms with Crippen LogP contribution in [0.25, 0.3) is 11.1 Å². The Hall–Kier alpha value is -2.82. The first kappa shape index (κ1) is 15.4. The van der Waals surface area contributed by atoms with Gasteiger partial charge in [-0.05, 0) is 40.5 Å². The molecule has 132 valence electrons. The first-order chi connectivity index (χ1) is 12.6. The van der Waals surface area contributed by atoms with E-state index in [1.54, 1.807) is 0 Å². The smallest absolute Gasteiger partial charge is 0.410 e. The van der Waals surface area contributed by atoms with Gasteiger partial charge in [-0.15, -0.1) is 0 Å². The summed E-state index contributed by atoms with van der Waals surface area (Å²) in [6.07, 6.45) is 0.399. The van der Waals surface area contributed by atoms with Crippen molar-refractivity contribution in [2.24, 2.45) is 11.8 Å². The molecule has 2 fully saturated rings. The van der Waals surface area contributed by atoms with E-state index in [4.69, 9.17) is 4.74 Å². The summed E-state index contributed by atoms with van der Waals surface area (Å²) in [5.74, 6) is -0.500. The van der Waals surface area contributed by atoms with E-state index in [-0.39, 0.29) is 18.4 Å². The Labute approximate surface area is 151 Å². The van der Waals surface area contributed by atoms with Crippen LogP contribution in [-0.2, 0) is 9.53 Å². The molecule has 3 aliphatic rings. The van der Waals surface area contributed by atoms with Crippen LogP contribution in [0.2, 0.25) is 0 Å². The average Bonchev–Trinajstić information content (AvgIpc) is 3.19. The van der Waals surface area contributed by atoms with Crippen LogP contribution in [0.1, 0.15) is 23.5 Å². The highest BCUT2D eigenvalue weighted by Gasteiger charge is 2.57. The van der Waals surface area contributed by atoms with E-state index in [0.717, 1.165) is 17.5 Å². The van der Waals surface area contributed by atoms with Gasteiger partial charge in [0.1, 0.15) is 12.6 Å². The van der Waals surface area contributed by atoms with Crippen LogP contribution >= 0.6 is 0 Å². The van der Waals surface area contributed by atoms with Crippen LogP contribution in [0.15, 0.2) is 48.5 Å². The molecule has 2 aromatic rings. The topological polar surface area (TPSA) is 66.8 Å². The van der Waals surface area contributed by atoms with Gasteiger partial charge in [0, 0.05) is 12.5 Å². The first-order valence-electron chi connectivity index (χ1n) is 8.99. The number of likely N-dealkylation sites (tertiary alicyclic amines) is 1. The number of carboxylic acid groups (broad SMARTS) is 1. The molecule has 2 aliphatic carbocycles. The van der Waals surface area contributed by atoms with E-state index in [1.165, 1.54) is 16.0 Å². The second-order valence-electron chi connectivity index (χ2n) is 7.40. The summed E-state index contributed by atoms with van der Waals surface area (Å²) in [6.45, 7) is 0.726. The Bertz CT molecular complexity index is 863. The lowest BCUT2D eigenvalue weighted by Crippen LogP contribution is -2.43. The van der Waals surface area contributed by atoms with Crippen LogP contribution in [0.4, 0.5) is 4.79 Å². The molecule has 2 aromatic carbocycles. The zero-order chi connectivity index (χ0) is 17.8. The Morgan fingerprint density at radius 3 is 2.27 bits per heavy atom. The van der Waals surface area contributed by atoms with Crippen molar-refractivity contribution < 1.29 is 19.4 Å². The molecule has 1 N–H and O–H groups in total. The molecule has 1 unspecified atom stereocenters. The van der Waals surface area contributed by atoms with E-state index in [1.807, 2.05) is 24.3 Å². The lowest BCUT2D eigenvalue weighted by Gasteiger charge is -2.24. The molecule has 0 spiro atoms. The Balaban J connectivity index is 1.36. The molecule has 1 heterocycles. The van der Waals surface area contributed by atoms with Gasteiger partial charge >= 0.3 is 12.1 Å². The average molecular weight is 349 g/mol. The summed E-state index contributed by atoms with van der Waals surface area (Å²) in [5.41, 5.74) is 4.66. The van der Waals surface area contributed by atoms with Crippen molar-refractivity contribution in [3.63, 3.8) is 0 Å². The molecule has 3 atom stereocenters. The number of carbonyl (C=O) groups is 2. The minimum atomic E-state index is -0.927. The molecule has 1 saturated heterocycles. The van der Waals surface area contributed by atoms with E-state index < -0.39 is 18.1 Å². The number of carbonyl (C=O) groups excluding carboxylic acids is 1. The second kappa shape index (κ2) is 5.59. The summed E-state index contributed by atoms with van der Waals surface area (Å²) in [6, 6.07) is 15.6. The summed E-state index contributed by atoms with van der Waals surface area (Å²) in [7, 11) is 0. The summed E-state index contributed by atoms with van der Waals surface area (Å²) < 4.78 is 5.60. The predicted octanol–water partition coefficient (Wildman–Crippen LogP) is 3.34. The number of benzene rings is 2. The summed E-state index contributed by atoms with van der Waals surface area (Å²) in [5, 5.41) is 9.42. The maximum Gasteiger partial charge on any atom is 0.410 e. The van der Waals surface area contributed by atoms with Gasteiger partial charge in [-0.3, -0.25) is 4.90 Å². The van der Waals surface area contributed by atoms with Crippen molar-refractivity contribution in [2.45, 2.75) is 18.4 Å². The van der Waals surface area contributed by atoms with Crippen molar-refractivity contribution in [1.29, 1.82) is 0 Å². The highest BCUT2D eigenvalue weighted by Crippen LogP contribution is 2.50. The third-order valence-corrected chi connectivity index (χ3v) is 5.97. The van der Waals surface area contributed by atoms with Crippen LogP contribution < -0.4 is 0 Å². The van der Waals surface area contributed by atoms with Gasteiger partial charge in [-0.2, -0.15) is 0 Å². The van der Waals surface area contributed by atoms with Crippen molar-refractivity contribution in [3.8, 4) is 11.1 Å². The fourth-order valence-corrected chi connectivity index (χ4v) is 4.65. The van der Waals surface area contributed by atoms with Gasteiger partial charge in [0.15, 0.2) is 0 Å². The Kier molecular flexibility index (Phi) is 3.32. The van der Waals surface area contributed by atoms with Crippen LogP contribution in [0.5, 0.6) is 0 Å². The Morgan fingerprint density at radius 2 is 1.65 bits per heavy atom. The van der Waals surface area contributed by atoms with Gasteiger partial charge in [0.05, 0.1) is 0 Å². The van der Waals surface area contributed by atoms with Gasteiger partial charge < -0.3 is 9.84 Å². The molecule has 5 heteroatoms. The number of piperidine rings is 1. The predicted molar refractivity (Wildman–Crippen MR) is 94.8 cm³/mol. The molecule has 0 bridgehead atoms. The minimum absolute atomic E-state index is 0.00762. The summed E-state index contributed by atoms with van der Waals surface area (Å²) >= 11 is 0. The van der Waals surface area contributed by atoms with Crippen molar-refractivity contribution in [1.82, 2.24) is 4.90 Å². The van der Waals surface area contributed by atoms with Crippen molar-refractivity contribution in [2.75, 3.05) is 13.2 Å². The van der Waals surface area contributed by atoms with Gasteiger partial charge in [-0.1, -0.05) is 48.5 Å². The number of hydrogen-bond donors (Lipinski definition) is 1. The third kappa shape index (κ3) is 2.23. The highest BCUT2D eigenvalue weighted by atomic mass is 16.6. The van der Waals surface area contributed by atoms with Crippen molar-refractivity contribution in [3.05, 3.63) is 59.7 Å². The van der Waals surface area contributed by atoms with E-state index >= 15 is 0 Å². The van der Waals surface area contributed by atoms with E-state index in [0.29, 0.717) is 12.5 Å². The number of hydrogen-bond acceptors (Lipinski definition) is 3. The largest absolute Gasteiger partial charge is 0.480 e. The maximum absolute atomic E-state index is 12.5. The first-order valence-corrected chi connectivity index (χ1v) is 8.99. The van der Waals surface area contributed by atoms with Crippen LogP contribution in [0, 0.1) is 11.8 Å². The molecule has 5 nitrogen and oxygen atoms in total. The molecule has 1 saturated carbocycles. The van der Waals surface area contributed by atoms with Gasteiger partial charge in [0.25, 0.3) is 0 Å². The molecule has 26 heavy (non-hydrogen) atoms. The lowest BCUT2D eigenvalue weighted by atomic mass is 9.98. The quantitative estimate of drug-likeness (QED) is 0.923. The maximum atomic E-state index is 12.5. The fourth-order valence-electron chi connectivity index (χ4n) is 4.65. The standard InChI is InChI=1S/C21H19NO4/c23-20(24)19-17-9-12(17)10-22(19)21(25)26-11-18-15-7-3-1-5-13(15)14-6-2-4-8-16(14)18/h1-8,12,17-19H,9-11H2,(H,23,24)/t12-,17-,19?/m1/s1. The minimum Gasteiger partial charge on any atom is -0.480 e. The monoisotopic (exact) mass is 349 g/mol. The van der Waals surface area contributed by atoms with E-state index in [2.05, 4.69) is 24.3 Å². The number of rotatable bonds is 3. The van der Waals surface area contributed by atoms with Crippen molar-refractivity contribution >= 4 is 12.1 Å². The number of carboxylic acids is 1. The molecular formula is C21H19NO4. The molecule has 1 aliphatic heterocycles. The van der Waals surface area contributed by atoms with Gasteiger partial charge in [-0.25, -0.2) is 9.59 Å². The fraction of sp³-hybridized carbons (Fsp3) is 0.333. The van der Waals surface area contributed by atoms with E-state index in [9.17, 15) is 14.7 Å². The zero-order valence-corrected chi connectivity index (χ0v) is 14.2. The number of amides is 1. The molecule has 0 aromatic heterocycles.